The summed E-state index contributed by atoms with van der Waals surface area (Å²) in [5.74, 6) is -1.34. The van der Waals surface area contributed by atoms with Crippen LogP contribution >= 0.6 is 11.8 Å². The average Bonchev–Trinajstić information content (AvgIpc) is 2.22. The van der Waals surface area contributed by atoms with Crippen molar-refractivity contribution in [3.05, 3.63) is 29.6 Å². The third kappa shape index (κ3) is 5.27. The molecule has 0 aliphatic carbocycles. The van der Waals surface area contributed by atoms with Crippen molar-refractivity contribution in [2.45, 2.75) is 12.1 Å². The molecule has 0 saturated carbocycles. The second-order valence-electron chi connectivity index (χ2n) is 3.22. The first-order chi connectivity index (χ1) is 7.90. The summed E-state index contributed by atoms with van der Waals surface area (Å²) in [6, 6.07) is 4.04. The standard InChI is InChI=1S/C10H11F4NOS/c11-8-3-1-2-7(9(8)16)6-15-4-5-17-10(12,13)14/h1-3,15-16H,4-6H2. The highest BCUT2D eigenvalue weighted by molar-refractivity contribution is 8.00. The molecule has 0 spiro atoms. The summed E-state index contributed by atoms with van der Waals surface area (Å²) in [4.78, 5) is 0. The van der Waals surface area contributed by atoms with Crippen molar-refractivity contribution in [2.75, 3.05) is 12.3 Å². The second-order valence-corrected chi connectivity index (χ2v) is 4.38. The van der Waals surface area contributed by atoms with Crippen molar-refractivity contribution in [3.63, 3.8) is 0 Å². The fraction of sp³-hybridized carbons (Fsp3) is 0.400. The monoisotopic (exact) mass is 269 g/mol. The summed E-state index contributed by atoms with van der Waals surface area (Å²) >= 11 is -0.123. The highest BCUT2D eigenvalue weighted by Crippen LogP contribution is 2.29. The van der Waals surface area contributed by atoms with E-state index in [9.17, 15) is 22.7 Å². The predicted octanol–water partition coefficient (Wildman–Crippen LogP) is 2.87. The molecule has 0 amide bonds. The first-order valence-electron chi connectivity index (χ1n) is 4.78. The third-order valence-electron chi connectivity index (χ3n) is 1.93. The van der Waals surface area contributed by atoms with Crippen molar-refractivity contribution in [2.24, 2.45) is 0 Å². The summed E-state index contributed by atoms with van der Waals surface area (Å²) in [5.41, 5.74) is -3.91. The molecule has 7 heteroatoms. The van der Waals surface area contributed by atoms with Gasteiger partial charge in [-0.15, -0.1) is 0 Å². The summed E-state index contributed by atoms with van der Waals surface area (Å²) in [5, 5.41) is 12.0. The predicted molar refractivity (Wildman–Crippen MR) is 58.3 cm³/mol. The topological polar surface area (TPSA) is 32.3 Å². The maximum absolute atomic E-state index is 12.9. The van der Waals surface area contributed by atoms with Gasteiger partial charge in [0.1, 0.15) is 0 Å². The smallest absolute Gasteiger partial charge is 0.441 e. The van der Waals surface area contributed by atoms with Gasteiger partial charge in [0.25, 0.3) is 0 Å². The van der Waals surface area contributed by atoms with Crippen LogP contribution < -0.4 is 5.32 Å². The number of rotatable bonds is 5. The number of phenols is 1. The zero-order valence-corrected chi connectivity index (χ0v) is 9.54. The maximum atomic E-state index is 12.9. The molecule has 96 valence electrons. The molecule has 0 bridgehead atoms. The van der Waals surface area contributed by atoms with Crippen LogP contribution in [0.4, 0.5) is 17.6 Å². The molecule has 0 heterocycles. The number of thioether (sulfide) groups is 1. The van der Waals surface area contributed by atoms with E-state index in [1.54, 1.807) is 0 Å². The van der Waals surface area contributed by atoms with E-state index in [1.165, 1.54) is 12.1 Å². The first-order valence-corrected chi connectivity index (χ1v) is 5.76. The lowest BCUT2D eigenvalue weighted by molar-refractivity contribution is -0.0327. The number of alkyl halides is 3. The van der Waals surface area contributed by atoms with Crippen molar-refractivity contribution < 1.29 is 22.7 Å². The first kappa shape index (κ1) is 14.1. The van der Waals surface area contributed by atoms with Crippen LogP contribution in [-0.4, -0.2) is 22.9 Å². The summed E-state index contributed by atoms with van der Waals surface area (Å²) in [6.07, 6.45) is 0. The van der Waals surface area contributed by atoms with Crippen LogP contribution in [0.3, 0.4) is 0 Å². The lowest BCUT2D eigenvalue weighted by atomic mass is 10.2. The van der Waals surface area contributed by atoms with Gasteiger partial charge >= 0.3 is 5.51 Å². The van der Waals surface area contributed by atoms with Gasteiger partial charge < -0.3 is 10.4 Å². The molecule has 0 radical (unpaired) electrons. The highest BCUT2D eigenvalue weighted by Gasteiger charge is 2.27. The Morgan fingerprint density at radius 2 is 2.00 bits per heavy atom. The fourth-order valence-electron chi connectivity index (χ4n) is 1.16. The lowest BCUT2D eigenvalue weighted by Gasteiger charge is -2.08. The van der Waals surface area contributed by atoms with Crippen molar-refractivity contribution >= 4 is 11.8 Å². The van der Waals surface area contributed by atoms with Gasteiger partial charge in [-0.1, -0.05) is 12.1 Å². The molecular formula is C10H11F4NOS. The van der Waals surface area contributed by atoms with Crippen molar-refractivity contribution in [3.8, 4) is 5.75 Å². The molecule has 2 nitrogen and oxygen atoms in total. The van der Waals surface area contributed by atoms with Crippen LogP contribution in [0.5, 0.6) is 5.75 Å². The Kier molecular flexibility index (Phi) is 5.07. The Labute approximate surface area is 100 Å². The van der Waals surface area contributed by atoms with Gasteiger partial charge in [0.15, 0.2) is 11.6 Å². The van der Waals surface area contributed by atoms with E-state index >= 15 is 0 Å². The Morgan fingerprint density at radius 1 is 1.29 bits per heavy atom. The Morgan fingerprint density at radius 3 is 2.65 bits per heavy atom. The second kappa shape index (κ2) is 6.11. The number of hydrogen-bond acceptors (Lipinski definition) is 3. The van der Waals surface area contributed by atoms with Crippen LogP contribution in [0.1, 0.15) is 5.56 Å². The molecule has 0 fully saturated rings. The summed E-state index contributed by atoms with van der Waals surface area (Å²) < 4.78 is 48.2. The van der Waals surface area contributed by atoms with Crippen LogP contribution in [0.2, 0.25) is 0 Å². The van der Waals surface area contributed by atoms with Gasteiger partial charge in [-0.25, -0.2) is 4.39 Å². The van der Waals surface area contributed by atoms with Gasteiger partial charge in [0.05, 0.1) is 0 Å². The van der Waals surface area contributed by atoms with Gasteiger partial charge in [-0.05, 0) is 17.8 Å². The number of phenolic OH excluding ortho intramolecular Hbond substituents is 1. The van der Waals surface area contributed by atoms with E-state index in [1.807, 2.05) is 0 Å². The largest absolute Gasteiger partial charge is 0.505 e. The number of nitrogens with one attached hydrogen (secondary N) is 1. The zero-order chi connectivity index (χ0) is 12.9. The molecule has 1 aromatic rings. The Balaban J connectivity index is 2.29. The molecule has 0 saturated heterocycles. The van der Waals surface area contributed by atoms with Gasteiger partial charge in [-0.3, -0.25) is 0 Å². The maximum Gasteiger partial charge on any atom is 0.441 e. The molecule has 1 aromatic carbocycles. The molecule has 0 aliphatic heterocycles. The molecule has 2 N–H and O–H groups in total. The zero-order valence-electron chi connectivity index (χ0n) is 8.72. The average molecular weight is 269 g/mol. The van der Waals surface area contributed by atoms with Crippen LogP contribution in [0.25, 0.3) is 0 Å². The van der Waals surface area contributed by atoms with Crippen molar-refractivity contribution in [1.82, 2.24) is 5.32 Å². The van der Waals surface area contributed by atoms with E-state index < -0.39 is 17.1 Å². The highest BCUT2D eigenvalue weighted by atomic mass is 32.2. The molecule has 0 unspecified atom stereocenters. The van der Waals surface area contributed by atoms with Gasteiger partial charge in [-0.2, -0.15) is 13.2 Å². The normalized spacial score (nSPS) is 11.8. The lowest BCUT2D eigenvalue weighted by Crippen LogP contribution is -2.18. The minimum Gasteiger partial charge on any atom is -0.505 e. The van der Waals surface area contributed by atoms with Crippen LogP contribution in [-0.2, 0) is 6.54 Å². The summed E-state index contributed by atoms with van der Waals surface area (Å²) in [6.45, 7) is 0.252. The Bertz CT molecular complexity index is 370. The molecular weight excluding hydrogens is 258 g/mol. The number of para-hydroxylation sites is 1. The minimum absolute atomic E-state index is 0.123. The van der Waals surface area contributed by atoms with E-state index in [-0.39, 0.29) is 30.6 Å². The quantitative estimate of drug-likeness (QED) is 0.637. The fourth-order valence-corrected chi connectivity index (χ4v) is 1.64. The molecule has 17 heavy (non-hydrogen) atoms. The summed E-state index contributed by atoms with van der Waals surface area (Å²) in [7, 11) is 0. The SMILES string of the molecule is Oc1c(F)cccc1CNCCSC(F)(F)F. The number of benzene rings is 1. The van der Waals surface area contributed by atoms with E-state index in [0.717, 1.165) is 6.07 Å². The van der Waals surface area contributed by atoms with E-state index in [4.69, 9.17) is 0 Å². The molecule has 0 aliphatic rings. The molecule has 0 aromatic heterocycles. The van der Waals surface area contributed by atoms with Gasteiger partial charge in [0.2, 0.25) is 0 Å². The van der Waals surface area contributed by atoms with Crippen molar-refractivity contribution in [1.29, 1.82) is 0 Å². The molecule has 0 atom stereocenters. The van der Waals surface area contributed by atoms with Gasteiger partial charge in [0, 0.05) is 24.4 Å². The van der Waals surface area contributed by atoms with E-state index in [0.29, 0.717) is 5.56 Å². The van der Waals surface area contributed by atoms with E-state index in [2.05, 4.69) is 5.32 Å². The Hall–Kier alpha value is -0.950. The third-order valence-corrected chi connectivity index (χ3v) is 2.67. The number of aromatic hydroxyl groups is 1. The molecule has 1 rings (SSSR count). The minimum atomic E-state index is -4.23. The van der Waals surface area contributed by atoms with Crippen LogP contribution in [0.15, 0.2) is 18.2 Å². The number of halogens is 4. The van der Waals surface area contributed by atoms with Crippen LogP contribution in [0, 0.1) is 5.82 Å². The number of hydrogen-bond donors (Lipinski definition) is 2.